The molecule has 0 aliphatic rings. The number of nitrogens with zero attached hydrogens (tertiary/aromatic N) is 3. The SMILES string of the molecule is CCNC(=NCC(C)(C)SC)N(C)Cc1csc(C)n1.I. The monoisotopic (exact) mass is 442 g/mol. The highest BCUT2D eigenvalue weighted by molar-refractivity contribution is 14.0. The van der Waals surface area contributed by atoms with Crippen molar-refractivity contribution in [3.05, 3.63) is 16.1 Å². The van der Waals surface area contributed by atoms with Gasteiger partial charge in [-0.1, -0.05) is 0 Å². The number of thiazole rings is 1. The Kier molecular flexibility index (Phi) is 9.88. The van der Waals surface area contributed by atoms with Crippen LogP contribution >= 0.6 is 47.1 Å². The van der Waals surface area contributed by atoms with Gasteiger partial charge in [0.2, 0.25) is 0 Å². The lowest BCUT2D eigenvalue weighted by molar-refractivity contribution is 0.469. The third-order valence-corrected chi connectivity index (χ3v) is 4.98. The van der Waals surface area contributed by atoms with Crippen molar-refractivity contribution in [2.45, 2.75) is 39.0 Å². The summed E-state index contributed by atoms with van der Waals surface area (Å²) in [5.41, 5.74) is 1.10. The van der Waals surface area contributed by atoms with Gasteiger partial charge in [-0.15, -0.1) is 35.3 Å². The quantitative estimate of drug-likeness (QED) is 0.415. The molecule has 1 heterocycles. The van der Waals surface area contributed by atoms with Crippen molar-refractivity contribution in [3.63, 3.8) is 0 Å². The lowest BCUT2D eigenvalue weighted by atomic mass is 10.2. The van der Waals surface area contributed by atoms with E-state index in [2.05, 4.69) is 54.7 Å². The molecule has 1 N–H and O–H groups in total. The summed E-state index contributed by atoms with van der Waals surface area (Å²) in [6, 6.07) is 0. The van der Waals surface area contributed by atoms with Crippen molar-refractivity contribution < 1.29 is 0 Å². The second kappa shape index (κ2) is 9.89. The van der Waals surface area contributed by atoms with Gasteiger partial charge in [0.05, 0.1) is 23.8 Å². The molecule has 0 atom stereocenters. The van der Waals surface area contributed by atoms with E-state index in [0.29, 0.717) is 0 Å². The van der Waals surface area contributed by atoms with Crippen molar-refractivity contribution in [1.82, 2.24) is 15.2 Å². The molecule has 0 aliphatic carbocycles. The Hall–Kier alpha value is -0.0200. The highest BCUT2D eigenvalue weighted by Gasteiger charge is 2.16. The predicted molar refractivity (Wildman–Crippen MR) is 107 cm³/mol. The number of aliphatic imine (C=N–C) groups is 1. The summed E-state index contributed by atoms with van der Waals surface area (Å²) >= 11 is 3.53. The van der Waals surface area contributed by atoms with Gasteiger partial charge in [-0.05, 0) is 34.0 Å². The fourth-order valence-corrected chi connectivity index (χ4v) is 2.40. The Labute approximate surface area is 154 Å². The van der Waals surface area contributed by atoms with Gasteiger partial charge in [-0.3, -0.25) is 4.99 Å². The zero-order valence-electron chi connectivity index (χ0n) is 13.8. The minimum atomic E-state index is 0. The Balaban J connectivity index is 0.00000400. The molecule has 1 aromatic rings. The van der Waals surface area contributed by atoms with Gasteiger partial charge in [-0.2, -0.15) is 11.8 Å². The maximum absolute atomic E-state index is 4.75. The molecule has 0 fully saturated rings. The standard InChI is InChI=1S/C14H26N4S2.HI/c1-7-15-13(16-10-14(3,4)19-6)18(5)8-12-9-20-11(2)17-12;/h9H,7-8,10H2,1-6H3,(H,15,16);1H. The number of nitrogens with one attached hydrogen (secondary N) is 1. The molecule has 1 aromatic heterocycles. The molecule has 21 heavy (non-hydrogen) atoms. The number of aryl methyl sites for hydroxylation is 1. The van der Waals surface area contributed by atoms with Crippen molar-refractivity contribution in [1.29, 1.82) is 0 Å². The van der Waals surface area contributed by atoms with E-state index in [-0.39, 0.29) is 28.7 Å². The molecule has 0 amide bonds. The fourth-order valence-electron chi connectivity index (χ4n) is 1.60. The predicted octanol–water partition coefficient (Wildman–Crippen LogP) is 3.61. The van der Waals surface area contributed by atoms with Gasteiger partial charge in [0, 0.05) is 23.7 Å². The number of thioether (sulfide) groups is 1. The molecule has 0 aliphatic heterocycles. The third-order valence-electron chi connectivity index (χ3n) is 2.92. The van der Waals surface area contributed by atoms with Crippen molar-refractivity contribution in [2.75, 3.05) is 26.4 Å². The second-order valence-corrected chi connectivity index (χ2v) is 7.92. The molecular weight excluding hydrogens is 415 g/mol. The van der Waals surface area contributed by atoms with Crippen LogP contribution in [0.15, 0.2) is 10.4 Å². The van der Waals surface area contributed by atoms with Crippen molar-refractivity contribution in [2.24, 2.45) is 4.99 Å². The van der Waals surface area contributed by atoms with Crippen LogP contribution in [0.4, 0.5) is 0 Å². The van der Waals surface area contributed by atoms with Gasteiger partial charge < -0.3 is 10.2 Å². The van der Waals surface area contributed by atoms with Crippen LogP contribution in [0, 0.1) is 6.92 Å². The number of aromatic nitrogens is 1. The van der Waals surface area contributed by atoms with Crippen LogP contribution in [-0.4, -0.2) is 47.0 Å². The zero-order chi connectivity index (χ0) is 15.2. The Morgan fingerprint density at radius 3 is 2.67 bits per heavy atom. The van der Waals surface area contributed by atoms with E-state index >= 15 is 0 Å². The van der Waals surface area contributed by atoms with E-state index in [1.807, 2.05) is 18.7 Å². The number of halogens is 1. The van der Waals surface area contributed by atoms with E-state index in [1.165, 1.54) is 0 Å². The minimum absolute atomic E-state index is 0. The molecule has 0 bridgehead atoms. The number of rotatable bonds is 6. The average Bonchev–Trinajstić information content (AvgIpc) is 2.79. The van der Waals surface area contributed by atoms with E-state index in [4.69, 9.17) is 4.99 Å². The summed E-state index contributed by atoms with van der Waals surface area (Å²) in [6.45, 7) is 11.0. The number of hydrogen-bond donors (Lipinski definition) is 1. The lowest BCUT2D eigenvalue weighted by Crippen LogP contribution is -2.39. The first kappa shape index (κ1) is 21.0. The average molecular weight is 442 g/mol. The first-order valence-electron chi connectivity index (χ1n) is 6.83. The number of hydrogen-bond acceptors (Lipinski definition) is 4. The van der Waals surface area contributed by atoms with Gasteiger partial charge in [0.25, 0.3) is 0 Å². The summed E-state index contributed by atoms with van der Waals surface area (Å²) in [5, 5.41) is 6.57. The maximum atomic E-state index is 4.75. The normalized spacial score (nSPS) is 12.0. The van der Waals surface area contributed by atoms with E-state index in [9.17, 15) is 0 Å². The maximum Gasteiger partial charge on any atom is 0.194 e. The van der Waals surface area contributed by atoms with Crippen LogP contribution in [0.25, 0.3) is 0 Å². The molecule has 7 heteroatoms. The molecule has 1 rings (SSSR count). The molecule has 0 aromatic carbocycles. The molecule has 0 unspecified atom stereocenters. The van der Waals surface area contributed by atoms with Crippen LogP contribution in [-0.2, 0) is 6.54 Å². The van der Waals surface area contributed by atoms with Crippen LogP contribution in [0.5, 0.6) is 0 Å². The first-order valence-corrected chi connectivity index (χ1v) is 8.94. The smallest absolute Gasteiger partial charge is 0.194 e. The lowest BCUT2D eigenvalue weighted by Gasteiger charge is -2.24. The highest BCUT2D eigenvalue weighted by Crippen LogP contribution is 2.21. The Morgan fingerprint density at radius 1 is 1.52 bits per heavy atom. The largest absolute Gasteiger partial charge is 0.357 e. The highest BCUT2D eigenvalue weighted by atomic mass is 127. The van der Waals surface area contributed by atoms with Crippen molar-refractivity contribution in [3.8, 4) is 0 Å². The molecule has 0 spiro atoms. The first-order chi connectivity index (χ1) is 9.38. The van der Waals surface area contributed by atoms with Gasteiger partial charge >= 0.3 is 0 Å². The van der Waals surface area contributed by atoms with Crippen molar-refractivity contribution >= 4 is 53.0 Å². The molecule has 0 saturated heterocycles. The Morgan fingerprint density at radius 2 is 2.19 bits per heavy atom. The van der Waals surface area contributed by atoms with Crippen LogP contribution < -0.4 is 5.32 Å². The Bertz CT molecular complexity index is 446. The van der Waals surface area contributed by atoms with Crippen LogP contribution in [0.2, 0.25) is 0 Å². The van der Waals surface area contributed by atoms with Gasteiger partial charge in [0.15, 0.2) is 5.96 Å². The van der Waals surface area contributed by atoms with Gasteiger partial charge in [0.1, 0.15) is 0 Å². The zero-order valence-corrected chi connectivity index (χ0v) is 17.7. The van der Waals surface area contributed by atoms with Crippen LogP contribution in [0.3, 0.4) is 0 Å². The third kappa shape index (κ3) is 7.69. The van der Waals surface area contributed by atoms with E-state index in [0.717, 1.165) is 36.3 Å². The summed E-state index contributed by atoms with van der Waals surface area (Å²) in [7, 11) is 2.06. The molecule has 122 valence electrons. The topological polar surface area (TPSA) is 40.5 Å². The summed E-state index contributed by atoms with van der Waals surface area (Å²) < 4.78 is 0.165. The molecular formula is C14H27IN4S2. The van der Waals surface area contributed by atoms with E-state index in [1.54, 1.807) is 11.3 Å². The molecule has 4 nitrogen and oxygen atoms in total. The molecule has 0 radical (unpaired) electrons. The summed E-state index contributed by atoms with van der Waals surface area (Å²) in [4.78, 5) is 11.4. The second-order valence-electron chi connectivity index (χ2n) is 5.35. The fraction of sp³-hybridized carbons (Fsp3) is 0.714. The van der Waals surface area contributed by atoms with Gasteiger partial charge in [-0.25, -0.2) is 4.98 Å². The van der Waals surface area contributed by atoms with Crippen LogP contribution in [0.1, 0.15) is 31.5 Å². The number of guanidine groups is 1. The molecule has 0 saturated carbocycles. The minimum Gasteiger partial charge on any atom is -0.357 e. The summed E-state index contributed by atoms with van der Waals surface area (Å²) in [6.07, 6.45) is 2.13. The van der Waals surface area contributed by atoms with E-state index < -0.39 is 0 Å². The summed E-state index contributed by atoms with van der Waals surface area (Å²) in [5.74, 6) is 0.945.